The normalized spacial score (nSPS) is 10.4. The zero-order chi connectivity index (χ0) is 18.5. The van der Waals surface area contributed by atoms with Crippen molar-refractivity contribution in [3.8, 4) is 0 Å². The zero-order valence-electron chi connectivity index (χ0n) is 15.1. The van der Waals surface area contributed by atoms with Crippen LogP contribution < -0.4 is 10.6 Å². The molecule has 0 atom stereocenters. The number of anilines is 2. The van der Waals surface area contributed by atoms with Crippen LogP contribution in [0, 0.1) is 20.8 Å². The number of nitrogens with one attached hydrogen (secondary N) is 2. The van der Waals surface area contributed by atoms with Crippen LogP contribution in [0.3, 0.4) is 0 Å². The summed E-state index contributed by atoms with van der Waals surface area (Å²) in [5.74, 6) is 0.867. The van der Waals surface area contributed by atoms with Crippen molar-refractivity contribution < 1.29 is 4.79 Å². The average Bonchev–Trinajstić information content (AvgIpc) is 2.63. The fraction of sp³-hybridized carbons (Fsp3) is 0.200. The lowest BCUT2D eigenvalue weighted by atomic mass is 10.1. The van der Waals surface area contributed by atoms with Crippen LogP contribution in [0.1, 0.15) is 33.1 Å². The van der Waals surface area contributed by atoms with Gasteiger partial charge < -0.3 is 10.6 Å². The molecule has 0 aliphatic carbocycles. The molecular weight excluding hydrogens is 326 g/mol. The number of carbonyl (C=O) groups is 1. The number of hydrogen-bond acceptors (Lipinski definition) is 5. The van der Waals surface area contributed by atoms with Crippen molar-refractivity contribution in [2.75, 3.05) is 10.6 Å². The second-order valence-corrected chi connectivity index (χ2v) is 6.08. The van der Waals surface area contributed by atoms with Gasteiger partial charge in [0.15, 0.2) is 0 Å². The van der Waals surface area contributed by atoms with E-state index in [-0.39, 0.29) is 5.91 Å². The molecule has 0 aliphatic rings. The molecule has 0 saturated carbocycles. The molecule has 0 bridgehead atoms. The van der Waals surface area contributed by atoms with Gasteiger partial charge in [-0.2, -0.15) is 0 Å². The van der Waals surface area contributed by atoms with Crippen LogP contribution in [0.2, 0.25) is 0 Å². The highest BCUT2D eigenvalue weighted by Crippen LogP contribution is 2.20. The highest BCUT2D eigenvalue weighted by Gasteiger charge is 2.13. The Morgan fingerprint density at radius 1 is 1.00 bits per heavy atom. The molecule has 0 fully saturated rings. The molecule has 26 heavy (non-hydrogen) atoms. The van der Waals surface area contributed by atoms with E-state index in [4.69, 9.17) is 0 Å². The maximum atomic E-state index is 12.7. The van der Waals surface area contributed by atoms with Gasteiger partial charge in [0.2, 0.25) is 0 Å². The number of carbonyl (C=O) groups excluding carboxylic acids is 1. The van der Waals surface area contributed by atoms with Crippen molar-refractivity contribution in [1.29, 1.82) is 0 Å². The second kappa shape index (κ2) is 7.74. The first-order chi connectivity index (χ1) is 12.5. The second-order valence-electron chi connectivity index (χ2n) is 6.08. The third-order valence-electron chi connectivity index (χ3n) is 3.97. The van der Waals surface area contributed by atoms with E-state index in [1.165, 1.54) is 0 Å². The summed E-state index contributed by atoms with van der Waals surface area (Å²) in [6, 6.07) is 13.3. The molecule has 1 aromatic carbocycles. The fourth-order valence-corrected chi connectivity index (χ4v) is 2.65. The Morgan fingerprint density at radius 3 is 2.46 bits per heavy atom. The quantitative estimate of drug-likeness (QED) is 0.736. The molecule has 6 heteroatoms. The van der Waals surface area contributed by atoms with Crippen molar-refractivity contribution in [2.24, 2.45) is 0 Å². The molecule has 3 rings (SSSR count). The topological polar surface area (TPSA) is 79.8 Å². The predicted molar refractivity (Wildman–Crippen MR) is 102 cm³/mol. The lowest BCUT2D eigenvalue weighted by molar-refractivity contribution is 0.102. The minimum Gasteiger partial charge on any atom is -0.364 e. The van der Waals surface area contributed by atoms with Crippen molar-refractivity contribution in [3.05, 3.63) is 77.0 Å². The van der Waals surface area contributed by atoms with Crippen LogP contribution in [0.25, 0.3) is 0 Å². The van der Waals surface area contributed by atoms with E-state index in [1.807, 2.05) is 50.2 Å². The number of aryl methyl sites for hydroxylation is 3. The first-order valence-electron chi connectivity index (χ1n) is 8.40. The van der Waals surface area contributed by atoms with Crippen LogP contribution in [0.15, 0.2) is 48.7 Å². The third kappa shape index (κ3) is 4.22. The average molecular weight is 347 g/mol. The number of benzene rings is 1. The van der Waals surface area contributed by atoms with Crippen LogP contribution in [-0.4, -0.2) is 20.9 Å². The number of para-hydroxylation sites is 1. The summed E-state index contributed by atoms with van der Waals surface area (Å²) >= 11 is 0. The van der Waals surface area contributed by atoms with Gasteiger partial charge in [-0.05, 0) is 44.0 Å². The van der Waals surface area contributed by atoms with E-state index >= 15 is 0 Å². The monoisotopic (exact) mass is 347 g/mol. The molecule has 2 aromatic heterocycles. The molecule has 0 unspecified atom stereocenters. The molecule has 0 spiro atoms. The molecule has 2 heterocycles. The van der Waals surface area contributed by atoms with Crippen molar-refractivity contribution in [1.82, 2.24) is 15.0 Å². The van der Waals surface area contributed by atoms with Gasteiger partial charge in [-0.25, -0.2) is 9.97 Å². The van der Waals surface area contributed by atoms with Crippen LogP contribution in [-0.2, 0) is 6.54 Å². The van der Waals surface area contributed by atoms with Crippen LogP contribution in [0.4, 0.5) is 11.5 Å². The Labute approximate surface area is 152 Å². The SMILES string of the molecule is Cc1nc(NCc2ccccn2)cc(C(=O)Nc2c(C)cccc2C)n1. The molecule has 2 N–H and O–H groups in total. The van der Waals surface area contributed by atoms with Crippen molar-refractivity contribution in [3.63, 3.8) is 0 Å². The van der Waals surface area contributed by atoms with Crippen LogP contribution >= 0.6 is 0 Å². The Hall–Kier alpha value is -3.28. The maximum Gasteiger partial charge on any atom is 0.274 e. The highest BCUT2D eigenvalue weighted by molar-refractivity contribution is 6.04. The third-order valence-corrected chi connectivity index (χ3v) is 3.97. The number of rotatable bonds is 5. The number of amides is 1. The van der Waals surface area contributed by atoms with E-state index in [9.17, 15) is 4.79 Å². The molecule has 0 radical (unpaired) electrons. The van der Waals surface area contributed by atoms with Crippen molar-refractivity contribution >= 4 is 17.4 Å². The first-order valence-corrected chi connectivity index (χ1v) is 8.40. The summed E-state index contributed by atoms with van der Waals surface area (Å²) in [6.07, 6.45) is 1.74. The molecule has 0 aliphatic heterocycles. The maximum absolute atomic E-state index is 12.7. The molecular formula is C20H21N5O. The lowest BCUT2D eigenvalue weighted by Crippen LogP contribution is -2.17. The van der Waals surface area contributed by atoms with Gasteiger partial charge in [0.25, 0.3) is 5.91 Å². The lowest BCUT2D eigenvalue weighted by Gasteiger charge is -2.12. The van der Waals surface area contributed by atoms with E-state index in [0.29, 0.717) is 23.9 Å². The minimum absolute atomic E-state index is 0.256. The predicted octanol–water partition coefficient (Wildman–Crippen LogP) is 3.66. The summed E-state index contributed by atoms with van der Waals surface area (Å²) < 4.78 is 0. The van der Waals surface area contributed by atoms with Gasteiger partial charge in [0.05, 0.1) is 12.2 Å². The molecule has 0 saturated heterocycles. The first kappa shape index (κ1) is 17.5. The summed E-state index contributed by atoms with van der Waals surface area (Å²) in [7, 11) is 0. The number of nitrogens with zero attached hydrogens (tertiary/aromatic N) is 3. The standard InChI is InChI=1S/C20H21N5O/c1-13-7-6-8-14(2)19(13)25-20(26)17-11-18(24-15(3)23-17)22-12-16-9-4-5-10-21-16/h4-11H,12H2,1-3H3,(H,25,26)(H,22,23,24). The summed E-state index contributed by atoms with van der Waals surface area (Å²) in [5.41, 5.74) is 4.06. The van der Waals surface area contributed by atoms with Gasteiger partial charge in [-0.15, -0.1) is 0 Å². The summed E-state index contributed by atoms with van der Waals surface area (Å²) in [5, 5.41) is 6.14. The smallest absolute Gasteiger partial charge is 0.274 e. The summed E-state index contributed by atoms with van der Waals surface area (Å²) in [4.78, 5) is 25.5. The molecule has 132 valence electrons. The largest absolute Gasteiger partial charge is 0.364 e. The summed E-state index contributed by atoms with van der Waals surface area (Å²) in [6.45, 7) is 6.22. The van der Waals surface area contributed by atoms with Gasteiger partial charge in [0.1, 0.15) is 17.3 Å². The Bertz CT molecular complexity index is 904. The molecule has 1 amide bonds. The minimum atomic E-state index is -0.256. The number of aromatic nitrogens is 3. The van der Waals surface area contributed by atoms with E-state index in [1.54, 1.807) is 19.2 Å². The van der Waals surface area contributed by atoms with Gasteiger partial charge >= 0.3 is 0 Å². The van der Waals surface area contributed by atoms with Gasteiger partial charge in [-0.1, -0.05) is 24.3 Å². The highest BCUT2D eigenvalue weighted by atomic mass is 16.1. The Morgan fingerprint density at radius 2 is 1.77 bits per heavy atom. The van der Waals surface area contributed by atoms with Gasteiger partial charge in [-0.3, -0.25) is 9.78 Å². The zero-order valence-corrected chi connectivity index (χ0v) is 15.1. The van der Waals surface area contributed by atoms with E-state index < -0.39 is 0 Å². The van der Waals surface area contributed by atoms with E-state index in [2.05, 4.69) is 25.6 Å². The van der Waals surface area contributed by atoms with Crippen LogP contribution in [0.5, 0.6) is 0 Å². The Balaban J connectivity index is 1.77. The number of hydrogen-bond donors (Lipinski definition) is 2. The fourth-order valence-electron chi connectivity index (χ4n) is 2.65. The molecule has 3 aromatic rings. The van der Waals surface area contributed by atoms with E-state index in [0.717, 1.165) is 22.5 Å². The van der Waals surface area contributed by atoms with Crippen molar-refractivity contribution in [2.45, 2.75) is 27.3 Å². The number of pyridine rings is 1. The van der Waals surface area contributed by atoms with Gasteiger partial charge in [0, 0.05) is 18.0 Å². The molecule has 6 nitrogen and oxygen atoms in total. The Kier molecular flexibility index (Phi) is 5.22.